The van der Waals surface area contributed by atoms with Crippen LogP contribution in [-0.4, -0.2) is 10.8 Å². The van der Waals surface area contributed by atoms with Gasteiger partial charge in [-0.05, 0) is 40.5 Å². The van der Waals surface area contributed by atoms with Crippen LogP contribution in [0.1, 0.15) is 27.4 Å². The molecule has 2 heteroatoms. The number of benzene rings is 2. The van der Waals surface area contributed by atoms with Crippen LogP contribution >= 0.6 is 0 Å². The van der Waals surface area contributed by atoms with E-state index in [1.165, 1.54) is 5.56 Å². The second kappa shape index (κ2) is 4.27. The first-order valence-electron chi connectivity index (χ1n) is 6.79. The number of carbonyl (C=O) groups excluding carboxylic acids is 1. The molecule has 0 radical (unpaired) electrons. The van der Waals surface area contributed by atoms with Crippen molar-refractivity contribution in [3.8, 4) is 0 Å². The highest BCUT2D eigenvalue weighted by molar-refractivity contribution is 6.18. The van der Waals surface area contributed by atoms with E-state index in [0.29, 0.717) is 0 Å². The summed E-state index contributed by atoms with van der Waals surface area (Å²) in [6, 6.07) is 16.2. The van der Waals surface area contributed by atoms with Crippen molar-refractivity contribution in [3.63, 3.8) is 0 Å². The standard InChI is InChI=1S/C18H13NO/c20-18-15-6-2-4-13-3-1-5-14(17(13)15)16(18)11-12-7-9-19-10-8-12/h1-10,16H,11H2. The lowest BCUT2D eigenvalue weighted by Crippen LogP contribution is -2.09. The van der Waals surface area contributed by atoms with Gasteiger partial charge in [0.05, 0.1) is 5.92 Å². The zero-order chi connectivity index (χ0) is 13.5. The van der Waals surface area contributed by atoms with Crippen molar-refractivity contribution in [1.82, 2.24) is 4.98 Å². The number of hydrogen-bond donors (Lipinski definition) is 0. The van der Waals surface area contributed by atoms with Gasteiger partial charge in [-0.15, -0.1) is 0 Å². The van der Waals surface area contributed by atoms with E-state index in [2.05, 4.69) is 23.2 Å². The molecule has 20 heavy (non-hydrogen) atoms. The Bertz CT molecular complexity index is 803. The largest absolute Gasteiger partial charge is 0.293 e. The number of hydrogen-bond acceptors (Lipinski definition) is 2. The van der Waals surface area contributed by atoms with Crippen LogP contribution in [-0.2, 0) is 6.42 Å². The van der Waals surface area contributed by atoms with Crippen LogP contribution in [0.2, 0.25) is 0 Å². The highest BCUT2D eigenvalue weighted by atomic mass is 16.1. The Morgan fingerprint density at radius 2 is 1.70 bits per heavy atom. The van der Waals surface area contributed by atoms with E-state index in [-0.39, 0.29) is 11.7 Å². The summed E-state index contributed by atoms with van der Waals surface area (Å²) in [6.07, 6.45) is 4.31. The van der Waals surface area contributed by atoms with Gasteiger partial charge in [-0.25, -0.2) is 0 Å². The van der Waals surface area contributed by atoms with Crippen LogP contribution in [0.4, 0.5) is 0 Å². The van der Waals surface area contributed by atoms with E-state index < -0.39 is 0 Å². The number of Topliss-reactive ketones (excluding diaryl/α,β-unsaturated/α-hetero) is 1. The molecule has 0 fully saturated rings. The molecule has 3 aromatic rings. The zero-order valence-corrected chi connectivity index (χ0v) is 10.9. The van der Waals surface area contributed by atoms with Crippen molar-refractivity contribution in [1.29, 1.82) is 0 Å². The first kappa shape index (κ1) is 11.4. The molecule has 0 N–H and O–H groups in total. The number of ketones is 1. The van der Waals surface area contributed by atoms with Crippen LogP contribution in [0.5, 0.6) is 0 Å². The lowest BCUT2D eigenvalue weighted by Gasteiger charge is -2.10. The minimum Gasteiger partial charge on any atom is -0.293 e. The minimum absolute atomic E-state index is 0.0569. The van der Waals surface area contributed by atoms with Gasteiger partial charge < -0.3 is 0 Å². The molecule has 1 aromatic heterocycles. The summed E-state index contributed by atoms with van der Waals surface area (Å²) in [7, 11) is 0. The maximum atomic E-state index is 12.7. The second-order valence-electron chi connectivity index (χ2n) is 5.23. The van der Waals surface area contributed by atoms with E-state index in [4.69, 9.17) is 0 Å². The summed E-state index contributed by atoms with van der Waals surface area (Å²) >= 11 is 0. The number of rotatable bonds is 2. The van der Waals surface area contributed by atoms with Crippen LogP contribution in [0.15, 0.2) is 60.9 Å². The van der Waals surface area contributed by atoms with Gasteiger partial charge in [0, 0.05) is 18.0 Å². The predicted molar refractivity (Wildman–Crippen MR) is 79.0 cm³/mol. The topological polar surface area (TPSA) is 30.0 Å². The molecule has 1 atom stereocenters. The Hall–Kier alpha value is -2.48. The molecule has 0 aliphatic heterocycles. The predicted octanol–water partition coefficient (Wildman–Crippen LogP) is 3.76. The highest BCUT2D eigenvalue weighted by Crippen LogP contribution is 2.39. The van der Waals surface area contributed by atoms with Crippen LogP contribution < -0.4 is 0 Å². The number of pyridine rings is 1. The quantitative estimate of drug-likeness (QED) is 0.701. The van der Waals surface area contributed by atoms with Crippen LogP contribution in [0.25, 0.3) is 10.8 Å². The average Bonchev–Trinajstić information content (AvgIpc) is 2.77. The maximum Gasteiger partial charge on any atom is 0.171 e. The molecule has 0 saturated heterocycles. The lowest BCUT2D eigenvalue weighted by atomic mass is 9.92. The SMILES string of the molecule is O=C1c2cccc3cccc(c23)C1Cc1ccncc1. The molecular weight excluding hydrogens is 246 g/mol. The Morgan fingerprint density at radius 1 is 0.950 bits per heavy atom. The van der Waals surface area contributed by atoms with Gasteiger partial charge in [0.25, 0.3) is 0 Å². The Balaban J connectivity index is 1.85. The monoisotopic (exact) mass is 259 g/mol. The van der Waals surface area contributed by atoms with Crippen molar-refractivity contribution in [2.24, 2.45) is 0 Å². The van der Waals surface area contributed by atoms with Gasteiger partial charge in [-0.3, -0.25) is 9.78 Å². The van der Waals surface area contributed by atoms with Crippen LogP contribution in [0, 0.1) is 0 Å². The van der Waals surface area contributed by atoms with Crippen LogP contribution in [0.3, 0.4) is 0 Å². The van der Waals surface area contributed by atoms with E-state index in [1.54, 1.807) is 12.4 Å². The third-order valence-electron chi connectivity index (χ3n) is 4.08. The Kier molecular flexibility index (Phi) is 2.43. The molecule has 4 rings (SSSR count). The third kappa shape index (κ3) is 1.58. The molecule has 2 aromatic carbocycles. The summed E-state index contributed by atoms with van der Waals surface area (Å²) in [4.78, 5) is 16.7. The fourth-order valence-electron chi connectivity index (χ4n) is 3.15. The van der Waals surface area contributed by atoms with Crippen molar-refractivity contribution >= 4 is 16.6 Å². The molecule has 0 saturated carbocycles. The molecule has 1 aliphatic rings. The minimum atomic E-state index is -0.0569. The summed E-state index contributed by atoms with van der Waals surface area (Å²) < 4.78 is 0. The molecule has 0 bridgehead atoms. The fraction of sp³-hybridized carbons (Fsp3) is 0.111. The number of aromatic nitrogens is 1. The first-order chi connectivity index (χ1) is 9.84. The highest BCUT2D eigenvalue weighted by Gasteiger charge is 2.32. The van der Waals surface area contributed by atoms with Gasteiger partial charge in [0.2, 0.25) is 0 Å². The van der Waals surface area contributed by atoms with E-state index in [9.17, 15) is 4.79 Å². The number of nitrogens with zero attached hydrogens (tertiary/aromatic N) is 1. The Morgan fingerprint density at radius 3 is 2.50 bits per heavy atom. The van der Waals surface area contributed by atoms with Gasteiger partial charge in [-0.2, -0.15) is 0 Å². The van der Waals surface area contributed by atoms with Crippen molar-refractivity contribution < 1.29 is 4.79 Å². The molecule has 1 aliphatic carbocycles. The van der Waals surface area contributed by atoms with Gasteiger partial charge >= 0.3 is 0 Å². The molecule has 1 heterocycles. The summed E-state index contributed by atoms with van der Waals surface area (Å²) in [5.74, 6) is 0.187. The maximum absolute atomic E-state index is 12.7. The zero-order valence-electron chi connectivity index (χ0n) is 10.9. The fourth-order valence-corrected chi connectivity index (χ4v) is 3.15. The van der Waals surface area contributed by atoms with E-state index >= 15 is 0 Å². The lowest BCUT2D eigenvalue weighted by molar-refractivity contribution is 0.0967. The molecule has 1 unspecified atom stereocenters. The van der Waals surface area contributed by atoms with E-state index in [1.807, 2.05) is 30.3 Å². The Labute approximate surface area is 117 Å². The van der Waals surface area contributed by atoms with Crippen molar-refractivity contribution in [3.05, 3.63) is 77.6 Å². The molecule has 0 amide bonds. The van der Waals surface area contributed by atoms with E-state index in [0.717, 1.165) is 28.3 Å². The smallest absolute Gasteiger partial charge is 0.171 e. The first-order valence-corrected chi connectivity index (χ1v) is 6.79. The molecular formula is C18H13NO. The number of carbonyl (C=O) groups is 1. The van der Waals surface area contributed by atoms with Gasteiger partial charge in [-0.1, -0.05) is 36.4 Å². The van der Waals surface area contributed by atoms with Gasteiger partial charge in [0.1, 0.15) is 0 Å². The third-order valence-corrected chi connectivity index (χ3v) is 4.08. The summed E-state index contributed by atoms with van der Waals surface area (Å²) in [5, 5.41) is 2.30. The molecule has 0 spiro atoms. The second-order valence-corrected chi connectivity index (χ2v) is 5.23. The molecule has 2 nitrogen and oxygen atoms in total. The van der Waals surface area contributed by atoms with Crippen molar-refractivity contribution in [2.75, 3.05) is 0 Å². The summed E-state index contributed by atoms with van der Waals surface area (Å²) in [5.41, 5.74) is 3.19. The molecule has 96 valence electrons. The average molecular weight is 259 g/mol. The normalized spacial score (nSPS) is 16.8. The summed E-state index contributed by atoms with van der Waals surface area (Å²) in [6.45, 7) is 0. The van der Waals surface area contributed by atoms with Gasteiger partial charge in [0.15, 0.2) is 5.78 Å². The van der Waals surface area contributed by atoms with Crippen molar-refractivity contribution in [2.45, 2.75) is 12.3 Å².